The molecule has 1 amide bonds. The molecular formula is C16H20FNO3. The van der Waals surface area contributed by atoms with Crippen molar-refractivity contribution in [2.75, 3.05) is 5.32 Å². The number of hydrogen-bond donors (Lipinski definition) is 2. The summed E-state index contributed by atoms with van der Waals surface area (Å²) in [5, 5.41) is 12.1. The summed E-state index contributed by atoms with van der Waals surface area (Å²) >= 11 is 0. The molecule has 114 valence electrons. The third kappa shape index (κ3) is 2.52. The molecule has 0 radical (unpaired) electrons. The number of aliphatic carboxylic acids is 1. The first-order valence-corrected chi connectivity index (χ1v) is 6.98. The predicted molar refractivity (Wildman–Crippen MR) is 77.3 cm³/mol. The van der Waals surface area contributed by atoms with Gasteiger partial charge in [0.05, 0.1) is 5.41 Å². The summed E-state index contributed by atoms with van der Waals surface area (Å²) in [5.74, 6) is -1.97. The lowest BCUT2D eigenvalue weighted by Crippen LogP contribution is -2.43. The Morgan fingerprint density at radius 1 is 1.33 bits per heavy atom. The van der Waals surface area contributed by atoms with Crippen molar-refractivity contribution in [1.82, 2.24) is 0 Å². The first-order chi connectivity index (χ1) is 9.68. The van der Waals surface area contributed by atoms with Gasteiger partial charge in [-0.1, -0.05) is 19.9 Å². The second-order valence-corrected chi connectivity index (χ2v) is 6.45. The Morgan fingerprint density at radius 2 is 2.00 bits per heavy atom. The fourth-order valence-corrected chi connectivity index (χ4v) is 3.14. The maximum absolute atomic E-state index is 13.1. The van der Waals surface area contributed by atoms with Gasteiger partial charge in [-0.05, 0) is 43.4 Å². The predicted octanol–water partition coefficient (Wildman–Crippen LogP) is 3.29. The number of carbonyl (C=O) groups is 2. The lowest BCUT2D eigenvalue weighted by Gasteiger charge is -2.37. The summed E-state index contributed by atoms with van der Waals surface area (Å²) in [6, 6.07) is 5.68. The number of carbonyl (C=O) groups excluding carboxylic acids is 1. The Balaban J connectivity index is 2.19. The van der Waals surface area contributed by atoms with Crippen molar-refractivity contribution in [2.45, 2.75) is 33.6 Å². The van der Waals surface area contributed by atoms with Crippen LogP contribution in [-0.2, 0) is 9.59 Å². The minimum absolute atomic E-state index is 0.254. The Hall–Kier alpha value is -1.91. The Bertz CT molecular complexity index is 585. The van der Waals surface area contributed by atoms with Crippen LogP contribution in [0.2, 0.25) is 0 Å². The summed E-state index contributed by atoms with van der Waals surface area (Å²) in [4.78, 5) is 24.0. The van der Waals surface area contributed by atoms with Crippen LogP contribution in [0.3, 0.4) is 0 Å². The number of benzene rings is 1. The highest BCUT2D eigenvalue weighted by Gasteiger charge is 2.58. The molecule has 1 aromatic carbocycles. The second-order valence-electron chi connectivity index (χ2n) is 6.45. The van der Waals surface area contributed by atoms with Gasteiger partial charge in [0, 0.05) is 11.6 Å². The van der Waals surface area contributed by atoms with Gasteiger partial charge in [0.2, 0.25) is 5.91 Å². The van der Waals surface area contributed by atoms with Crippen LogP contribution >= 0.6 is 0 Å². The zero-order chi connectivity index (χ0) is 15.8. The highest BCUT2D eigenvalue weighted by molar-refractivity contribution is 5.94. The Morgan fingerprint density at radius 3 is 2.52 bits per heavy atom. The molecule has 5 heteroatoms. The fraction of sp³-hybridized carbons (Fsp3) is 0.500. The van der Waals surface area contributed by atoms with Crippen LogP contribution in [0.1, 0.15) is 33.6 Å². The third-order valence-corrected chi connectivity index (χ3v) is 5.11. The molecular weight excluding hydrogens is 273 g/mol. The summed E-state index contributed by atoms with van der Waals surface area (Å²) in [6.45, 7) is 5.30. The lowest BCUT2D eigenvalue weighted by molar-refractivity contribution is -0.154. The molecule has 1 fully saturated rings. The van der Waals surface area contributed by atoms with Crippen molar-refractivity contribution < 1.29 is 19.1 Å². The Kier molecular flexibility index (Phi) is 3.78. The quantitative estimate of drug-likeness (QED) is 0.898. The molecule has 0 aromatic heterocycles. The summed E-state index contributed by atoms with van der Waals surface area (Å²) in [7, 11) is 0. The maximum Gasteiger partial charge on any atom is 0.309 e. The number of hydrogen-bond acceptors (Lipinski definition) is 2. The van der Waals surface area contributed by atoms with Gasteiger partial charge in [-0.25, -0.2) is 4.39 Å². The van der Waals surface area contributed by atoms with E-state index in [-0.39, 0.29) is 5.91 Å². The zero-order valence-corrected chi connectivity index (χ0v) is 12.4. The first kappa shape index (κ1) is 15.5. The van der Waals surface area contributed by atoms with Crippen molar-refractivity contribution in [1.29, 1.82) is 0 Å². The SMILES string of the molecule is CC1(C)C(C(=O)Nc2cccc(F)c2)CC[C@]1(C)C(=O)O. The smallest absolute Gasteiger partial charge is 0.309 e. The van der Waals surface area contributed by atoms with Gasteiger partial charge in [0.15, 0.2) is 0 Å². The van der Waals surface area contributed by atoms with E-state index in [2.05, 4.69) is 5.32 Å². The van der Waals surface area contributed by atoms with Crippen LogP contribution in [-0.4, -0.2) is 17.0 Å². The van der Waals surface area contributed by atoms with Crippen LogP contribution in [0.15, 0.2) is 24.3 Å². The Labute approximate surface area is 123 Å². The molecule has 4 nitrogen and oxygen atoms in total. The number of anilines is 1. The summed E-state index contributed by atoms with van der Waals surface area (Å²) < 4.78 is 13.1. The molecule has 0 saturated heterocycles. The van der Waals surface area contributed by atoms with Crippen LogP contribution in [0.4, 0.5) is 10.1 Å². The molecule has 0 heterocycles. The standard InChI is InChI=1S/C16H20FNO3/c1-15(2)12(7-8-16(15,3)14(20)21)13(19)18-11-6-4-5-10(17)9-11/h4-6,9,12H,7-8H2,1-3H3,(H,18,19)(H,20,21)/t12?,16-/m1/s1. The van der Waals surface area contributed by atoms with Crippen LogP contribution in [0, 0.1) is 22.6 Å². The molecule has 1 aliphatic carbocycles. The van der Waals surface area contributed by atoms with Gasteiger partial charge in [0.1, 0.15) is 5.82 Å². The van der Waals surface area contributed by atoms with Crippen molar-refractivity contribution in [2.24, 2.45) is 16.7 Å². The zero-order valence-electron chi connectivity index (χ0n) is 12.4. The highest BCUT2D eigenvalue weighted by atomic mass is 19.1. The van der Waals surface area contributed by atoms with Gasteiger partial charge in [-0.3, -0.25) is 9.59 Å². The molecule has 21 heavy (non-hydrogen) atoms. The van der Waals surface area contributed by atoms with E-state index in [4.69, 9.17) is 0 Å². The van der Waals surface area contributed by atoms with Crippen molar-refractivity contribution >= 4 is 17.6 Å². The van der Waals surface area contributed by atoms with Crippen LogP contribution < -0.4 is 5.32 Å². The molecule has 2 atom stereocenters. The van der Waals surface area contributed by atoms with E-state index in [1.54, 1.807) is 13.0 Å². The van der Waals surface area contributed by atoms with Gasteiger partial charge < -0.3 is 10.4 Å². The fourth-order valence-electron chi connectivity index (χ4n) is 3.14. The molecule has 2 rings (SSSR count). The molecule has 1 aliphatic rings. The third-order valence-electron chi connectivity index (χ3n) is 5.11. The van der Waals surface area contributed by atoms with E-state index in [1.807, 2.05) is 13.8 Å². The molecule has 0 bridgehead atoms. The van der Waals surface area contributed by atoms with Gasteiger partial charge in [0.25, 0.3) is 0 Å². The van der Waals surface area contributed by atoms with Crippen LogP contribution in [0.25, 0.3) is 0 Å². The highest BCUT2D eigenvalue weighted by Crippen LogP contribution is 2.56. The second kappa shape index (κ2) is 5.13. The minimum atomic E-state index is -0.934. The van der Waals surface area contributed by atoms with E-state index in [0.717, 1.165) is 0 Å². The number of nitrogens with one attached hydrogen (secondary N) is 1. The molecule has 2 N–H and O–H groups in total. The van der Waals surface area contributed by atoms with E-state index in [9.17, 15) is 19.1 Å². The maximum atomic E-state index is 13.1. The van der Waals surface area contributed by atoms with Gasteiger partial charge in [-0.2, -0.15) is 0 Å². The average molecular weight is 293 g/mol. The van der Waals surface area contributed by atoms with Crippen molar-refractivity contribution in [3.8, 4) is 0 Å². The van der Waals surface area contributed by atoms with E-state index >= 15 is 0 Å². The average Bonchev–Trinajstić information content (AvgIpc) is 2.61. The lowest BCUT2D eigenvalue weighted by atomic mass is 9.65. The molecule has 1 saturated carbocycles. The molecule has 1 unspecified atom stereocenters. The van der Waals surface area contributed by atoms with Crippen LogP contribution in [0.5, 0.6) is 0 Å². The van der Waals surface area contributed by atoms with Crippen molar-refractivity contribution in [3.05, 3.63) is 30.1 Å². The van der Waals surface area contributed by atoms with E-state index in [1.165, 1.54) is 18.2 Å². The number of carboxylic acids is 1. The van der Waals surface area contributed by atoms with Gasteiger partial charge >= 0.3 is 5.97 Å². The largest absolute Gasteiger partial charge is 0.481 e. The van der Waals surface area contributed by atoms with E-state index in [0.29, 0.717) is 18.5 Å². The van der Waals surface area contributed by atoms with Gasteiger partial charge in [-0.15, -0.1) is 0 Å². The molecule has 0 aliphatic heterocycles. The van der Waals surface area contributed by atoms with Crippen molar-refractivity contribution in [3.63, 3.8) is 0 Å². The van der Waals surface area contributed by atoms with E-state index < -0.39 is 28.5 Å². The minimum Gasteiger partial charge on any atom is -0.481 e. The number of halogens is 1. The molecule has 1 aromatic rings. The normalized spacial score (nSPS) is 27.3. The number of amides is 1. The topological polar surface area (TPSA) is 66.4 Å². The first-order valence-electron chi connectivity index (χ1n) is 6.98. The number of rotatable bonds is 3. The molecule has 0 spiro atoms. The number of carboxylic acid groups (broad SMARTS) is 1. The monoisotopic (exact) mass is 293 g/mol. The summed E-state index contributed by atoms with van der Waals surface area (Å²) in [6.07, 6.45) is 0.966. The summed E-state index contributed by atoms with van der Waals surface area (Å²) in [5.41, 5.74) is -1.22.